The largest absolute Gasteiger partial charge is 0.435 e. The zero-order valence-electron chi connectivity index (χ0n) is 11.0. The minimum Gasteiger partial charge on any atom is -0.310 e. The number of aromatic nitrogens is 2. The van der Waals surface area contributed by atoms with Gasteiger partial charge in [-0.3, -0.25) is 0 Å². The van der Waals surface area contributed by atoms with E-state index in [2.05, 4.69) is 10.4 Å². The summed E-state index contributed by atoms with van der Waals surface area (Å²) < 4.78 is 39.2. The monoisotopic (exact) mass is 315 g/mol. The van der Waals surface area contributed by atoms with Crippen molar-refractivity contribution in [2.75, 3.05) is 0 Å². The molecular weight excluding hydrogens is 303 g/mol. The maximum atomic E-state index is 12.7. The zero-order valence-corrected chi connectivity index (χ0v) is 11.7. The lowest BCUT2D eigenvalue weighted by molar-refractivity contribution is -0.141. The van der Waals surface area contributed by atoms with Gasteiger partial charge in [0.25, 0.3) is 0 Å². The van der Waals surface area contributed by atoms with E-state index in [4.69, 9.17) is 11.6 Å². The first-order chi connectivity index (χ1) is 9.95. The molecule has 3 rings (SSSR count). The van der Waals surface area contributed by atoms with Gasteiger partial charge in [0.15, 0.2) is 5.69 Å². The van der Waals surface area contributed by atoms with Gasteiger partial charge in [0.05, 0.1) is 10.7 Å². The van der Waals surface area contributed by atoms with Crippen molar-refractivity contribution >= 4 is 11.6 Å². The average Bonchev–Trinajstić information content (AvgIpc) is 3.10. The number of halogens is 4. The van der Waals surface area contributed by atoms with E-state index in [0.717, 1.165) is 24.5 Å². The first-order valence-corrected chi connectivity index (χ1v) is 6.97. The SMILES string of the molecule is FC(F)(F)c1ccn(-c2c(Cl)cccc2CNC2CC2)n1. The predicted octanol–water partition coefficient (Wildman–Crippen LogP) is 3.80. The van der Waals surface area contributed by atoms with Gasteiger partial charge >= 0.3 is 6.18 Å². The van der Waals surface area contributed by atoms with Gasteiger partial charge in [-0.1, -0.05) is 23.7 Å². The van der Waals surface area contributed by atoms with E-state index in [-0.39, 0.29) is 0 Å². The summed E-state index contributed by atoms with van der Waals surface area (Å²) in [6, 6.07) is 6.71. The van der Waals surface area contributed by atoms with Gasteiger partial charge in [-0.2, -0.15) is 18.3 Å². The Balaban J connectivity index is 1.94. The predicted molar refractivity (Wildman–Crippen MR) is 73.4 cm³/mol. The van der Waals surface area contributed by atoms with Crippen LogP contribution < -0.4 is 5.32 Å². The van der Waals surface area contributed by atoms with Crippen LogP contribution in [0.2, 0.25) is 5.02 Å². The van der Waals surface area contributed by atoms with Crippen LogP contribution in [0.25, 0.3) is 5.69 Å². The molecule has 0 unspecified atom stereocenters. The standard InChI is InChI=1S/C14H13ClF3N3/c15-11-3-1-2-9(8-19-10-4-5-10)13(11)21-7-6-12(20-21)14(16,17)18/h1-3,6-7,10,19H,4-5,8H2. The first-order valence-electron chi connectivity index (χ1n) is 6.59. The number of nitrogens with zero attached hydrogens (tertiary/aromatic N) is 2. The third kappa shape index (κ3) is 3.22. The molecule has 112 valence electrons. The Kier molecular flexibility index (Phi) is 3.67. The molecule has 1 aliphatic rings. The zero-order chi connectivity index (χ0) is 15.0. The number of para-hydroxylation sites is 1. The normalized spacial score (nSPS) is 15.4. The second-order valence-corrected chi connectivity index (χ2v) is 5.45. The fourth-order valence-electron chi connectivity index (χ4n) is 2.10. The van der Waals surface area contributed by atoms with Gasteiger partial charge in [-0.05, 0) is 30.5 Å². The molecule has 3 nitrogen and oxygen atoms in total. The molecule has 21 heavy (non-hydrogen) atoms. The van der Waals surface area contributed by atoms with Crippen molar-refractivity contribution in [1.82, 2.24) is 15.1 Å². The smallest absolute Gasteiger partial charge is 0.310 e. The Morgan fingerprint density at radius 1 is 1.29 bits per heavy atom. The minimum atomic E-state index is -4.46. The van der Waals surface area contributed by atoms with E-state index >= 15 is 0 Å². The van der Waals surface area contributed by atoms with Crippen LogP contribution in [0.3, 0.4) is 0 Å². The van der Waals surface area contributed by atoms with Gasteiger partial charge < -0.3 is 5.32 Å². The van der Waals surface area contributed by atoms with Crippen molar-refractivity contribution in [2.45, 2.75) is 31.6 Å². The Labute approximate surface area is 124 Å². The molecule has 1 heterocycles. The Hall–Kier alpha value is -1.53. The number of benzene rings is 1. The third-order valence-corrected chi connectivity index (χ3v) is 3.64. The molecule has 0 radical (unpaired) electrons. The van der Waals surface area contributed by atoms with E-state index in [9.17, 15) is 13.2 Å². The quantitative estimate of drug-likeness (QED) is 0.930. The van der Waals surface area contributed by atoms with Crippen LogP contribution in [0.5, 0.6) is 0 Å². The maximum absolute atomic E-state index is 12.7. The second kappa shape index (κ2) is 5.35. The maximum Gasteiger partial charge on any atom is 0.435 e. The highest BCUT2D eigenvalue weighted by Gasteiger charge is 2.34. The summed E-state index contributed by atoms with van der Waals surface area (Å²) in [6.45, 7) is 0.557. The van der Waals surface area contributed by atoms with Gasteiger partial charge in [0.1, 0.15) is 0 Å². The summed E-state index contributed by atoms with van der Waals surface area (Å²) >= 11 is 6.15. The van der Waals surface area contributed by atoms with Crippen LogP contribution in [-0.4, -0.2) is 15.8 Å². The highest BCUT2D eigenvalue weighted by molar-refractivity contribution is 6.32. The van der Waals surface area contributed by atoms with Crippen molar-refractivity contribution < 1.29 is 13.2 Å². The highest BCUT2D eigenvalue weighted by atomic mass is 35.5. The molecule has 0 aliphatic heterocycles. The molecule has 2 aromatic rings. The van der Waals surface area contributed by atoms with E-state index in [0.29, 0.717) is 23.3 Å². The van der Waals surface area contributed by atoms with Crippen LogP contribution in [0.15, 0.2) is 30.5 Å². The van der Waals surface area contributed by atoms with E-state index in [1.54, 1.807) is 12.1 Å². The highest BCUT2D eigenvalue weighted by Crippen LogP contribution is 2.30. The number of alkyl halides is 3. The Morgan fingerprint density at radius 2 is 2.05 bits per heavy atom. The molecule has 0 atom stereocenters. The second-order valence-electron chi connectivity index (χ2n) is 5.05. The number of hydrogen-bond acceptors (Lipinski definition) is 2. The summed E-state index contributed by atoms with van der Waals surface area (Å²) in [4.78, 5) is 0. The summed E-state index contributed by atoms with van der Waals surface area (Å²) in [5, 5.41) is 7.30. The molecule has 7 heteroatoms. The van der Waals surface area contributed by atoms with Crippen molar-refractivity contribution in [1.29, 1.82) is 0 Å². The summed E-state index contributed by atoms with van der Waals surface area (Å²) in [5.41, 5.74) is 0.387. The molecule has 1 aliphatic carbocycles. The van der Waals surface area contributed by atoms with E-state index < -0.39 is 11.9 Å². The van der Waals surface area contributed by atoms with Crippen LogP contribution >= 0.6 is 11.6 Å². The molecule has 1 aromatic heterocycles. The van der Waals surface area contributed by atoms with Crippen molar-refractivity contribution in [3.63, 3.8) is 0 Å². The molecule has 1 aromatic carbocycles. The van der Waals surface area contributed by atoms with Crippen LogP contribution in [0, 0.1) is 0 Å². The van der Waals surface area contributed by atoms with Crippen molar-refractivity contribution in [2.24, 2.45) is 0 Å². The summed E-state index contributed by atoms with van der Waals surface area (Å²) in [6.07, 6.45) is -0.907. The first kappa shape index (κ1) is 14.4. The molecule has 0 spiro atoms. The van der Waals surface area contributed by atoms with Crippen molar-refractivity contribution in [3.05, 3.63) is 46.7 Å². The van der Waals surface area contributed by atoms with Gasteiger partial charge in [0.2, 0.25) is 0 Å². The fraction of sp³-hybridized carbons (Fsp3) is 0.357. The average molecular weight is 316 g/mol. The van der Waals surface area contributed by atoms with Gasteiger partial charge in [0, 0.05) is 18.8 Å². The Bertz CT molecular complexity index is 647. The molecule has 0 saturated heterocycles. The van der Waals surface area contributed by atoms with Gasteiger partial charge in [-0.25, -0.2) is 4.68 Å². The summed E-state index contributed by atoms with van der Waals surface area (Å²) in [7, 11) is 0. The summed E-state index contributed by atoms with van der Waals surface area (Å²) in [5.74, 6) is 0. The molecule has 1 saturated carbocycles. The molecule has 1 N–H and O–H groups in total. The minimum absolute atomic E-state index is 0.377. The number of rotatable bonds is 4. The molecule has 1 fully saturated rings. The lowest BCUT2D eigenvalue weighted by Crippen LogP contribution is -2.17. The van der Waals surface area contributed by atoms with Crippen LogP contribution in [-0.2, 0) is 12.7 Å². The van der Waals surface area contributed by atoms with E-state index in [1.165, 1.54) is 10.9 Å². The lowest BCUT2D eigenvalue weighted by atomic mass is 10.1. The fourth-order valence-corrected chi connectivity index (χ4v) is 2.38. The van der Waals surface area contributed by atoms with Crippen molar-refractivity contribution in [3.8, 4) is 5.69 Å². The topological polar surface area (TPSA) is 29.9 Å². The number of nitrogens with one attached hydrogen (secondary N) is 1. The third-order valence-electron chi connectivity index (χ3n) is 3.34. The van der Waals surface area contributed by atoms with Crippen LogP contribution in [0.4, 0.5) is 13.2 Å². The van der Waals surface area contributed by atoms with Crippen LogP contribution in [0.1, 0.15) is 24.1 Å². The molecular formula is C14H13ClF3N3. The Morgan fingerprint density at radius 3 is 2.67 bits per heavy atom. The number of hydrogen-bond donors (Lipinski definition) is 1. The van der Waals surface area contributed by atoms with E-state index in [1.807, 2.05) is 6.07 Å². The molecule has 0 bridgehead atoms. The molecule has 0 amide bonds. The lowest BCUT2D eigenvalue weighted by Gasteiger charge is -2.12. The van der Waals surface area contributed by atoms with Gasteiger partial charge in [-0.15, -0.1) is 0 Å².